The zero-order valence-electron chi connectivity index (χ0n) is 11.4. The molecule has 5 heteroatoms. The molecule has 108 valence electrons. The summed E-state index contributed by atoms with van der Waals surface area (Å²) < 4.78 is 27.8. The van der Waals surface area contributed by atoms with E-state index in [2.05, 4.69) is 22.5 Å². The molecule has 0 aromatic heterocycles. The fourth-order valence-corrected chi connectivity index (χ4v) is 4.24. The molecule has 0 aliphatic carbocycles. The van der Waals surface area contributed by atoms with Crippen molar-refractivity contribution in [2.45, 2.75) is 18.2 Å². The van der Waals surface area contributed by atoms with E-state index in [1.807, 2.05) is 19.1 Å². The summed E-state index contributed by atoms with van der Waals surface area (Å²) in [5, 5.41) is 0. The van der Waals surface area contributed by atoms with E-state index >= 15 is 0 Å². The van der Waals surface area contributed by atoms with Gasteiger partial charge in [-0.2, -0.15) is 4.31 Å². The Hall–Kier alpha value is -0.910. The summed E-state index contributed by atoms with van der Waals surface area (Å²) >= 11 is 3.55. The predicted molar refractivity (Wildman–Crippen MR) is 85.1 cm³/mol. The van der Waals surface area contributed by atoms with Crippen molar-refractivity contribution in [1.29, 1.82) is 0 Å². The third kappa shape index (κ3) is 2.90. The van der Waals surface area contributed by atoms with Gasteiger partial charge in [-0.25, -0.2) is 8.42 Å². The maximum absolute atomic E-state index is 12.6. The second kappa shape index (κ2) is 6.24. The first-order valence-electron chi connectivity index (χ1n) is 6.55. The molecule has 2 rings (SSSR count). The summed E-state index contributed by atoms with van der Waals surface area (Å²) in [4.78, 5) is 0.344. The lowest BCUT2D eigenvalue weighted by Gasteiger charge is -2.15. The van der Waals surface area contributed by atoms with Crippen molar-refractivity contribution < 1.29 is 8.42 Å². The predicted octanol–water partition coefficient (Wildman–Crippen LogP) is 3.55. The van der Waals surface area contributed by atoms with Gasteiger partial charge in [0.2, 0.25) is 10.0 Å². The van der Waals surface area contributed by atoms with Crippen LogP contribution in [0.4, 0.5) is 0 Å². The highest BCUT2D eigenvalue weighted by atomic mass is 79.9. The Morgan fingerprint density at radius 3 is 2.65 bits per heavy atom. The summed E-state index contributed by atoms with van der Waals surface area (Å²) in [6.07, 6.45) is 2.69. The maximum Gasteiger partial charge on any atom is 0.243 e. The topological polar surface area (TPSA) is 37.4 Å². The summed E-state index contributed by atoms with van der Waals surface area (Å²) in [6.45, 7) is 6.77. The van der Waals surface area contributed by atoms with Gasteiger partial charge in [0.05, 0.1) is 4.90 Å². The molecule has 0 bridgehead atoms. The fraction of sp³-hybridized carbons (Fsp3) is 0.333. The highest BCUT2D eigenvalue weighted by Crippen LogP contribution is 2.33. The minimum Gasteiger partial charge on any atom is -0.207 e. The molecule has 1 unspecified atom stereocenters. The monoisotopic (exact) mass is 355 g/mol. The van der Waals surface area contributed by atoms with Gasteiger partial charge in [0, 0.05) is 19.0 Å². The molecule has 0 radical (unpaired) electrons. The number of nitrogens with zero attached hydrogens (tertiary/aromatic N) is 1. The van der Waals surface area contributed by atoms with E-state index in [1.165, 1.54) is 4.31 Å². The van der Waals surface area contributed by atoms with Gasteiger partial charge >= 0.3 is 0 Å². The standard InChI is InChI=1S/C15H18BrNO2S/c1-3-12-10-17(11-14(12)15(16)4-2)20(18,19)13-8-6-5-7-9-13/h3,5-9,12H,1,4,10-11H2,2H3/b15-14-. The van der Waals surface area contributed by atoms with Crippen LogP contribution in [-0.2, 0) is 10.0 Å². The van der Waals surface area contributed by atoms with Crippen molar-refractivity contribution in [3.05, 3.63) is 53.0 Å². The number of sulfonamides is 1. The van der Waals surface area contributed by atoms with Crippen LogP contribution >= 0.6 is 15.9 Å². The lowest BCUT2D eigenvalue weighted by Crippen LogP contribution is -2.28. The van der Waals surface area contributed by atoms with Crippen LogP contribution in [0.25, 0.3) is 0 Å². The fourth-order valence-electron chi connectivity index (χ4n) is 2.36. The average molecular weight is 356 g/mol. The average Bonchev–Trinajstić information content (AvgIpc) is 2.92. The van der Waals surface area contributed by atoms with Gasteiger partial charge < -0.3 is 0 Å². The first-order valence-corrected chi connectivity index (χ1v) is 8.79. The Morgan fingerprint density at radius 1 is 1.45 bits per heavy atom. The number of hydrogen-bond acceptors (Lipinski definition) is 2. The molecule has 0 saturated carbocycles. The number of allylic oxidation sites excluding steroid dienone is 1. The Morgan fingerprint density at radius 2 is 2.10 bits per heavy atom. The Kier molecular flexibility index (Phi) is 4.83. The summed E-state index contributed by atoms with van der Waals surface area (Å²) in [5.41, 5.74) is 1.11. The van der Waals surface area contributed by atoms with Crippen molar-refractivity contribution in [1.82, 2.24) is 4.31 Å². The molecular weight excluding hydrogens is 338 g/mol. The third-order valence-electron chi connectivity index (χ3n) is 3.52. The Bertz CT molecular complexity index is 623. The van der Waals surface area contributed by atoms with E-state index in [9.17, 15) is 8.42 Å². The van der Waals surface area contributed by atoms with Crippen molar-refractivity contribution in [2.75, 3.05) is 13.1 Å². The second-order valence-corrected chi connectivity index (χ2v) is 7.63. The van der Waals surface area contributed by atoms with E-state index in [4.69, 9.17) is 0 Å². The molecule has 0 spiro atoms. The number of hydrogen-bond donors (Lipinski definition) is 0. The molecule has 1 atom stereocenters. The molecule has 1 fully saturated rings. The van der Waals surface area contributed by atoms with Gasteiger partial charge in [-0.15, -0.1) is 6.58 Å². The number of rotatable bonds is 4. The maximum atomic E-state index is 12.6. The lowest BCUT2D eigenvalue weighted by molar-refractivity contribution is 0.471. The van der Waals surface area contributed by atoms with Gasteiger partial charge in [-0.1, -0.05) is 47.1 Å². The number of benzene rings is 1. The molecule has 1 aliphatic rings. The van der Waals surface area contributed by atoms with Crippen LogP contribution in [0, 0.1) is 5.92 Å². The van der Waals surface area contributed by atoms with Gasteiger partial charge in [0.25, 0.3) is 0 Å². The van der Waals surface area contributed by atoms with Crippen molar-refractivity contribution in [3.8, 4) is 0 Å². The molecule has 1 aromatic carbocycles. The molecule has 20 heavy (non-hydrogen) atoms. The van der Waals surface area contributed by atoms with E-state index in [1.54, 1.807) is 24.3 Å². The van der Waals surface area contributed by atoms with Crippen LogP contribution in [0.2, 0.25) is 0 Å². The van der Waals surface area contributed by atoms with E-state index < -0.39 is 10.0 Å². The van der Waals surface area contributed by atoms with Crippen LogP contribution in [0.5, 0.6) is 0 Å². The Balaban J connectivity index is 2.35. The zero-order valence-corrected chi connectivity index (χ0v) is 13.8. The Labute approximate surface area is 129 Å². The smallest absolute Gasteiger partial charge is 0.207 e. The molecular formula is C15H18BrNO2S. The lowest BCUT2D eigenvalue weighted by atomic mass is 10.0. The highest BCUT2D eigenvalue weighted by Gasteiger charge is 2.35. The number of halogens is 1. The van der Waals surface area contributed by atoms with E-state index in [0.717, 1.165) is 16.5 Å². The minimum absolute atomic E-state index is 0.0859. The minimum atomic E-state index is -3.43. The van der Waals surface area contributed by atoms with Crippen molar-refractivity contribution in [3.63, 3.8) is 0 Å². The van der Waals surface area contributed by atoms with E-state index in [0.29, 0.717) is 18.0 Å². The van der Waals surface area contributed by atoms with Crippen molar-refractivity contribution >= 4 is 26.0 Å². The summed E-state index contributed by atoms with van der Waals surface area (Å²) in [7, 11) is -3.43. The molecule has 1 heterocycles. The molecule has 3 nitrogen and oxygen atoms in total. The van der Waals surface area contributed by atoms with Crippen LogP contribution in [0.1, 0.15) is 13.3 Å². The van der Waals surface area contributed by atoms with Gasteiger partial charge in [0.15, 0.2) is 0 Å². The first-order chi connectivity index (χ1) is 9.50. The normalized spacial score (nSPS) is 22.8. The van der Waals surface area contributed by atoms with Gasteiger partial charge in [0.1, 0.15) is 0 Å². The third-order valence-corrected chi connectivity index (χ3v) is 6.41. The molecule has 0 N–H and O–H groups in total. The summed E-state index contributed by atoms with van der Waals surface area (Å²) in [6, 6.07) is 8.57. The van der Waals surface area contributed by atoms with Crippen LogP contribution in [0.15, 0.2) is 57.9 Å². The van der Waals surface area contributed by atoms with Crippen molar-refractivity contribution in [2.24, 2.45) is 5.92 Å². The second-order valence-electron chi connectivity index (χ2n) is 4.74. The van der Waals surface area contributed by atoms with Crippen LogP contribution < -0.4 is 0 Å². The van der Waals surface area contributed by atoms with E-state index in [-0.39, 0.29) is 5.92 Å². The van der Waals surface area contributed by atoms with Gasteiger partial charge in [-0.3, -0.25) is 0 Å². The quantitative estimate of drug-likeness (QED) is 0.774. The SMILES string of the molecule is C=CC1CN(S(=O)(=O)c2ccccc2)C/C1=C(/Br)CC. The summed E-state index contributed by atoms with van der Waals surface area (Å²) in [5.74, 6) is 0.0859. The molecule has 1 aromatic rings. The molecule has 1 saturated heterocycles. The largest absolute Gasteiger partial charge is 0.243 e. The molecule has 1 aliphatic heterocycles. The van der Waals surface area contributed by atoms with Gasteiger partial charge in [-0.05, 0) is 28.6 Å². The van der Waals surface area contributed by atoms with Crippen LogP contribution in [-0.4, -0.2) is 25.8 Å². The zero-order chi connectivity index (χ0) is 14.8. The highest BCUT2D eigenvalue weighted by molar-refractivity contribution is 9.11. The first kappa shape index (κ1) is 15.5. The molecule has 0 amide bonds. The van der Waals surface area contributed by atoms with Crippen LogP contribution in [0.3, 0.4) is 0 Å².